The van der Waals surface area contributed by atoms with Crippen LogP contribution in [0.4, 0.5) is 0 Å². The van der Waals surface area contributed by atoms with Gasteiger partial charge in [-0.2, -0.15) is 0 Å². The zero-order valence-electron chi connectivity index (χ0n) is 12.3. The number of aryl methyl sites for hydroxylation is 3. The summed E-state index contributed by atoms with van der Waals surface area (Å²) >= 11 is 3.58. The maximum absolute atomic E-state index is 6.29. The molecule has 0 spiro atoms. The molecule has 0 bridgehead atoms. The molecule has 1 aliphatic carbocycles. The maximum atomic E-state index is 6.29. The van der Waals surface area contributed by atoms with Crippen LogP contribution in [0.2, 0.25) is 0 Å². The zero-order valence-corrected chi connectivity index (χ0v) is 13.9. The molecule has 1 aromatic heterocycles. The Bertz CT molecular complexity index is 647. The first-order valence-corrected chi connectivity index (χ1v) is 8.02. The van der Waals surface area contributed by atoms with Crippen molar-refractivity contribution in [2.75, 3.05) is 0 Å². The van der Waals surface area contributed by atoms with Gasteiger partial charge in [-0.25, -0.2) is 0 Å². The fraction of sp³-hybridized carbons (Fsp3) is 0.412. The average molecular weight is 333 g/mol. The van der Waals surface area contributed by atoms with E-state index in [1.807, 2.05) is 0 Å². The standard InChI is InChI=1S/C17H21BrN2/c1-10-7-13(18)8-11(2)17(10)20-12(3)9-14-15(19)5-4-6-16(14)20/h7-9,15H,4-6,19H2,1-3H3. The Morgan fingerprint density at radius 2 is 1.80 bits per heavy atom. The van der Waals surface area contributed by atoms with Crippen LogP contribution in [0.25, 0.3) is 5.69 Å². The Labute approximate surface area is 129 Å². The fourth-order valence-electron chi connectivity index (χ4n) is 3.50. The van der Waals surface area contributed by atoms with Crippen molar-refractivity contribution in [3.05, 3.63) is 50.8 Å². The summed E-state index contributed by atoms with van der Waals surface area (Å²) in [5, 5.41) is 0. The van der Waals surface area contributed by atoms with Crippen molar-refractivity contribution in [3.63, 3.8) is 0 Å². The van der Waals surface area contributed by atoms with Gasteiger partial charge in [-0.3, -0.25) is 0 Å². The van der Waals surface area contributed by atoms with Crippen molar-refractivity contribution in [1.29, 1.82) is 0 Å². The van der Waals surface area contributed by atoms with E-state index in [9.17, 15) is 0 Å². The van der Waals surface area contributed by atoms with Gasteiger partial charge in [0.05, 0.1) is 5.69 Å². The molecule has 0 amide bonds. The number of nitrogens with zero attached hydrogens (tertiary/aromatic N) is 1. The maximum Gasteiger partial charge on any atom is 0.0514 e. The second-order valence-electron chi connectivity index (χ2n) is 5.91. The molecule has 1 heterocycles. The van der Waals surface area contributed by atoms with E-state index in [0.717, 1.165) is 17.3 Å². The molecule has 3 heteroatoms. The molecule has 0 radical (unpaired) electrons. The summed E-state index contributed by atoms with van der Waals surface area (Å²) < 4.78 is 3.57. The smallest absolute Gasteiger partial charge is 0.0514 e. The second kappa shape index (κ2) is 5.05. The van der Waals surface area contributed by atoms with E-state index < -0.39 is 0 Å². The minimum absolute atomic E-state index is 0.203. The van der Waals surface area contributed by atoms with E-state index in [2.05, 4.69) is 59.5 Å². The molecule has 1 aromatic carbocycles. The van der Waals surface area contributed by atoms with Gasteiger partial charge in [0, 0.05) is 21.9 Å². The number of hydrogen-bond donors (Lipinski definition) is 1. The Morgan fingerprint density at radius 1 is 1.15 bits per heavy atom. The molecule has 1 aliphatic rings. The Kier molecular flexibility index (Phi) is 3.51. The van der Waals surface area contributed by atoms with E-state index in [1.165, 1.54) is 40.2 Å². The summed E-state index contributed by atoms with van der Waals surface area (Å²) in [7, 11) is 0. The van der Waals surface area contributed by atoms with E-state index in [1.54, 1.807) is 0 Å². The van der Waals surface area contributed by atoms with Gasteiger partial charge >= 0.3 is 0 Å². The highest BCUT2D eigenvalue weighted by Gasteiger charge is 2.24. The summed E-state index contributed by atoms with van der Waals surface area (Å²) in [6.45, 7) is 6.55. The number of rotatable bonds is 1. The third kappa shape index (κ3) is 2.13. The lowest BCUT2D eigenvalue weighted by atomic mass is 9.93. The molecule has 2 N–H and O–H groups in total. The minimum atomic E-state index is 0.203. The summed E-state index contributed by atoms with van der Waals surface area (Å²) in [6.07, 6.45) is 3.42. The first-order valence-electron chi connectivity index (χ1n) is 7.23. The summed E-state index contributed by atoms with van der Waals surface area (Å²) in [4.78, 5) is 0. The van der Waals surface area contributed by atoms with Crippen LogP contribution in [0.15, 0.2) is 22.7 Å². The fourth-order valence-corrected chi connectivity index (χ4v) is 4.19. The molecule has 1 unspecified atom stereocenters. The predicted octanol–water partition coefficient (Wildman–Crippen LogP) is 4.50. The van der Waals surface area contributed by atoms with Crippen LogP contribution in [0.3, 0.4) is 0 Å². The third-order valence-corrected chi connectivity index (χ3v) is 4.79. The van der Waals surface area contributed by atoms with Crippen LogP contribution < -0.4 is 5.73 Å². The largest absolute Gasteiger partial charge is 0.324 e. The normalized spacial score (nSPS) is 18.1. The van der Waals surface area contributed by atoms with Gasteiger partial charge in [-0.1, -0.05) is 15.9 Å². The Balaban J connectivity index is 2.26. The van der Waals surface area contributed by atoms with Gasteiger partial charge < -0.3 is 10.3 Å². The van der Waals surface area contributed by atoms with Gasteiger partial charge in [-0.05, 0) is 74.9 Å². The van der Waals surface area contributed by atoms with Crippen molar-refractivity contribution >= 4 is 15.9 Å². The van der Waals surface area contributed by atoms with Gasteiger partial charge in [0.25, 0.3) is 0 Å². The van der Waals surface area contributed by atoms with E-state index >= 15 is 0 Å². The lowest BCUT2D eigenvalue weighted by Crippen LogP contribution is -2.18. The highest BCUT2D eigenvalue weighted by atomic mass is 79.9. The second-order valence-corrected chi connectivity index (χ2v) is 6.83. The number of halogens is 1. The zero-order chi connectivity index (χ0) is 14.4. The first kappa shape index (κ1) is 13.9. The molecular formula is C17H21BrN2. The van der Waals surface area contributed by atoms with Crippen LogP contribution in [0.1, 0.15) is 47.0 Å². The monoisotopic (exact) mass is 332 g/mol. The Hall–Kier alpha value is -1.06. The van der Waals surface area contributed by atoms with E-state index in [4.69, 9.17) is 5.73 Å². The van der Waals surface area contributed by atoms with Crippen molar-refractivity contribution < 1.29 is 0 Å². The van der Waals surface area contributed by atoms with E-state index in [-0.39, 0.29) is 6.04 Å². The van der Waals surface area contributed by atoms with Crippen molar-refractivity contribution in [3.8, 4) is 5.69 Å². The quantitative estimate of drug-likeness (QED) is 0.818. The molecule has 3 rings (SSSR count). The topological polar surface area (TPSA) is 30.9 Å². The van der Waals surface area contributed by atoms with Crippen molar-refractivity contribution in [2.24, 2.45) is 5.73 Å². The molecule has 0 saturated heterocycles. The van der Waals surface area contributed by atoms with Crippen LogP contribution >= 0.6 is 15.9 Å². The SMILES string of the molecule is Cc1cc(Br)cc(C)c1-n1c(C)cc2c1CCCC2N. The predicted molar refractivity (Wildman–Crippen MR) is 87.5 cm³/mol. The Morgan fingerprint density at radius 3 is 2.45 bits per heavy atom. The molecule has 2 nitrogen and oxygen atoms in total. The summed E-state index contributed by atoms with van der Waals surface area (Å²) in [5.41, 5.74) is 14.3. The summed E-state index contributed by atoms with van der Waals surface area (Å²) in [5.74, 6) is 0. The van der Waals surface area contributed by atoms with Crippen molar-refractivity contribution in [2.45, 2.75) is 46.1 Å². The number of fused-ring (bicyclic) bond motifs is 1. The van der Waals surface area contributed by atoms with Crippen LogP contribution in [-0.4, -0.2) is 4.57 Å². The average Bonchev–Trinajstić information content (AvgIpc) is 2.67. The van der Waals surface area contributed by atoms with Gasteiger partial charge in [0.1, 0.15) is 0 Å². The van der Waals surface area contributed by atoms with Gasteiger partial charge in [-0.15, -0.1) is 0 Å². The van der Waals surface area contributed by atoms with Gasteiger partial charge in [0.15, 0.2) is 0 Å². The molecule has 0 aliphatic heterocycles. The lowest BCUT2D eigenvalue weighted by molar-refractivity contribution is 0.559. The van der Waals surface area contributed by atoms with Crippen LogP contribution in [0.5, 0.6) is 0 Å². The highest BCUT2D eigenvalue weighted by molar-refractivity contribution is 9.10. The molecular weight excluding hydrogens is 312 g/mol. The number of benzene rings is 1. The number of nitrogens with two attached hydrogens (primary N) is 1. The first-order chi connectivity index (χ1) is 9.49. The van der Waals surface area contributed by atoms with Crippen LogP contribution in [-0.2, 0) is 6.42 Å². The number of hydrogen-bond acceptors (Lipinski definition) is 1. The molecule has 0 fully saturated rings. The molecule has 106 valence electrons. The molecule has 20 heavy (non-hydrogen) atoms. The van der Waals surface area contributed by atoms with Crippen molar-refractivity contribution in [1.82, 2.24) is 4.57 Å². The van der Waals surface area contributed by atoms with E-state index in [0.29, 0.717) is 0 Å². The van der Waals surface area contributed by atoms with Crippen LogP contribution in [0, 0.1) is 20.8 Å². The molecule has 1 atom stereocenters. The minimum Gasteiger partial charge on any atom is -0.324 e. The highest BCUT2D eigenvalue weighted by Crippen LogP contribution is 2.35. The number of aromatic nitrogens is 1. The third-order valence-electron chi connectivity index (χ3n) is 4.33. The summed E-state index contributed by atoms with van der Waals surface area (Å²) in [6, 6.07) is 6.86. The van der Waals surface area contributed by atoms with Gasteiger partial charge in [0.2, 0.25) is 0 Å². The molecule has 0 saturated carbocycles. The lowest BCUT2D eigenvalue weighted by Gasteiger charge is -2.23. The molecule has 2 aromatic rings.